The van der Waals surface area contributed by atoms with Gasteiger partial charge < -0.3 is 10.3 Å². The Morgan fingerprint density at radius 3 is 2.50 bits per heavy atom. The van der Waals surface area contributed by atoms with Crippen LogP contribution in [-0.4, -0.2) is 16.1 Å². The molecule has 2 aromatic rings. The second-order valence-corrected chi connectivity index (χ2v) is 5.65. The van der Waals surface area contributed by atoms with Gasteiger partial charge in [0.25, 0.3) is 0 Å². The van der Waals surface area contributed by atoms with E-state index in [1.165, 1.54) is 16.8 Å². The molecule has 0 saturated carbocycles. The van der Waals surface area contributed by atoms with Crippen LogP contribution in [0.2, 0.25) is 0 Å². The molecule has 3 heteroatoms. The lowest BCUT2D eigenvalue weighted by Gasteiger charge is -2.21. The van der Waals surface area contributed by atoms with Crippen molar-refractivity contribution in [2.24, 2.45) is 11.7 Å². The van der Waals surface area contributed by atoms with Gasteiger partial charge in [-0.1, -0.05) is 45.0 Å². The SMILES string of the molecule is CCc1ccccc1Cn1cncc1C(CN)C(C)C. The molecule has 2 N–H and O–H groups in total. The highest BCUT2D eigenvalue weighted by Crippen LogP contribution is 2.24. The monoisotopic (exact) mass is 271 g/mol. The van der Waals surface area contributed by atoms with Crippen molar-refractivity contribution < 1.29 is 0 Å². The third-order valence-electron chi connectivity index (χ3n) is 4.02. The first-order valence-electron chi connectivity index (χ1n) is 7.44. The van der Waals surface area contributed by atoms with Crippen LogP contribution in [0.4, 0.5) is 0 Å². The first kappa shape index (κ1) is 14.8. The summed E-state index contributed by atoms with van der Waals surface area (Å²) in [4.78, 5) is 4.33. The molecule has 0 bridgehead atoms. The molecule has 0 aliphatic carbocycles. The summed E-state index contributed by atoms with van der Waals surface area (Å²) >= 11 is 0. The summed E-state index contributed by atoms with van der Waals surface area (Å²) in [5.74, 6) is 0.892. The molecule has 3 nitrogen and oxygen atoms in total. The molecule has 2 rings (SSSR count). The molecule has 0 aliphatic heterocycles. The Morgan fingerprint density at radius 2 is 1.90 bits per heavy atom. The first-order valence-corrected chi connectivity index (χ1v) is 7.44. The van der Waals surface area contributed by atoms with Gasteiger partial charge in [-0.2, -0.15) is 0 Å². The summed E-state index contributed by atoms with van der Waals surface area (Å²) in [7, 11) is 0. The van der Waals surface area contributed by atoms with Gasteiger partial charge >= 0.3 is 0 Å². The van der Waals surface area contributed by atoms with E-state index in [0.717, 1.165) is 13.0 Å². The molecule has 0 saturated heterocycles. The Bertz CT molecular complexity index is 543. The van der Waals surface area contributed by atoms with Crippen LogP contribution in [0.5, 0.6) is 0 Å². The minimum Gasteiger partial charge on any atom is -0.330 e. The van der Waals surface area contributed by atoms with E-state index in [-0.39, 0.29) is 0 Å². The lowest BCUT2D eigenvalue weighted by Crippen LogP contribution is -2.21. The average Bonchev–Trinajstić information content (AvgIpc) is 2.88. The van der Waals surface area contributed by atoms with E-state index in [1.54, 1.807) is 0 Å². The van der Waals surface area contributed by atoms with E-state index in [1.807, 2.05) is 12.5 Å². The maximum absolute atomic E-state index is 5.94. The largest absolute Gasteiger partial charge is 0.330 e. The lowest BCUT2D eigenvalue weighted by atomic mass is 9.93. The average molecular weight is 271 g/mol. The van der Waals surface area contributed by atoms with E-state index < -0.39 is 0 Å². The minimum atomic E-state index is 0.367. The zero-order valence-corrected chi connectivity index (χ0v) is 12.7. The highest BCUT2D eigenvalue weighted by Gasteiger charge is 2.18. The maximum atomic E-state index is 5.94. The Labute approximate surface area is 121 Å². The molecular formula is C17H25N3. The van der Waals surface area contributed by atoms with Gasteiger partial charge in [-0.15, -0.1) is 0 Å². The van der Waals surface area contributed by atoms with E-state index in [9.17, 15) is 0 Å². The predicted molar refractivity (Wildman–Crippen MR) is 83.8 cm³/mol. The Morgan fingerprint density at radius 1 is 1.20 bits per heavy atom. The molecule has 0 amide bonds. The summed E-state index contributed by atoms with van der Waals surface area (Å²) in [6.07, 6.45) is 4.95. The number of nitrogens with zero attached hydrogens (tertiary/aromatic N) is 2. The van der Waals surface area contributed by atoms with Crippen molar-refractivity contribution in [1.82, 2.24) is 9.55 Å². The third-order valence-corrected chi connectivity index (χ3v) is 4.02. The normalized spacial score (nSPS) is 12.8. The molecule has 0 aliphatic rings. The number of aromatic nitrogens is 2. The summed E-state index contributed by atoms with van der Waals surface area (Å²) in [6, 6.07) is 8.62. The second-order valence-electron chi connectivity index (χ2n) is 5.65. The number of hydrogen-bond acceptors (Lipinski definition) is 2. The van der Waals surface area contributed by atoms with Crippen molar-refractivity contribution in [3.63, 3.8) is 0 Å². The summed E-state index contributed by atoms with van der Waals surface area (Å²) < 4.78 is 2.24. The van der Waals surface area contributed by atoms with Crippen LogP contribution in [-0.2, 0) is 13.0 Å². The fourth-order valence-corrected chi connectivity index (χ4v) is 2.75. The van der Waals surface area contributed by atoms with Crippen LogP contribution in [0.15, 0.2) is 36.8 Å². The first-order chi connectivity index (χ1) is 9.67. The van der Waals surface area contributed by atoms with Crippen molar-refractivity contribution in [2.75, 3.05) is 6.54 Å². The Hall–Kier alpha value is -1.61. The zero-order chi connectivity index (χ0) is 14.5. The molecule has 1 aromatic heterocycles. The molecule has 1 aromatic carbocycles. The van der Waals surface area contributed by atoms with Crippen molar-refractivity contribution in [3.05, 3.63) is 53.6 Å². The summed E-state index contributed by atoms with van der Waals surface area (Å²) in [5, 5.41) is 0. The van der Waals surface area contributed by atoms with Crippen LogP contribution in [0, 0.1) is 5.92 Å². The number of imidazole rings is 1. The van der Waals surface area contributed by atoms with E-state index in [2.05, 4.69) is 54.6 Å². The van der Waals surface area contributed by atoms with E-state index in [4.69, 9.17) is 5.73 Å². The van der Waals surface area contributed by atoms with Crippen molar-refractivity contribution in [2.45, 2.75) is 39.7 Å². The van der Waals surface area contributed by atoms with Crippen LogP contribution in [0.25, 0.3) is 0 Å². The van der Waals surface area contributed by atoms with Crippen LogP contribution in [0.1, 0.15) is 43.5 Å². The topological polar surface area (TPSA) is 43.8 Å². The van der Waals surface area contributed by atoms with Gasteiger partial charge in [0.05, 0.1) is 6.33 Å². The van der Waals surface area contributed by atoms with E-state index in [0.29, 0.717) is 18.4 Å². The van der Waals surface area contributed by atoms with Gasteiger partial charge in [0, 0.05) is 30.9 Å². The maximum Gasteiger partial charge on any atom is 0.0951 e. The molecule has 0 fully saturated rings. The molecule has 1 unspecified atom stereocenters. The predicted octanol–water partition coefficient (Wildman–Crippen LogP) is 3.19. The Kier molecular flexibility index (Phi) is 4.96. The van der Waals surface area contributed by atoms with Gasteiger partial charge in [-0.25, -0.2) is 4.98 Å². The van der Waals surface area contributed by atoms with Gasteiger partial charge in [0.2, 0.25) is 0 Å². The molecular weight excluding hydrogens is 246 g/mol. The van der Waals surface area contributed by atoms with E-state index >= 15 is 0 Å². The van der Waals surface area contributed by atoms with Gasteiger partial charge in [0.15, 0.2) is 0 Å². The van der Waals surface area contributed by atoms with Crippen molar-refractivity contribution in [3.8, 4) is 0 Å². The fraction of sp³-hybridized carbons (Fsp3) is 0.471. The highest BCUT2D eigenvalue weighted by atomic mass is 15.0. The molecule has 108 valence electrons. The van der Waals surface area contributed by atoms with Crippen molar-refractivity contribution in [1.29, 1.82) is 0 Å². The lowest BCUT2D eigenvalue weighted by molar-refractivity contribution is 0.478. The van der Waals surface area contributed by atoms with Crippen molar-refractivity contribution >= 4 is 0 Å². The molecule has 0 radical (unpaired) electrons. The standard InChI is InChI=1S/C17H25N3/c1-4-14-7-5-6-8-15(14)11-20-12-19-10-17(20)16(9-18)13(2)3/h5-8,10,12-13,16H,4,9,11,18H2,1-3H3. The third kappa shape index (κ3) is 3.10. The van der Waals surface area contributed by atoms with Crippen LogP contribution < -0.4 is 5.73 Å². The Balaban J connectivity index is 2.29. The van der Waals surface area contributed by atoms with Gasteiger partial charge in [-0.05, 0) is 23.5 Å². The zero-order valence-electron chi connectivity index (χ0n) is 12.7. The quantitative estimate of drug-likeness (QED) is 0.877. The minimum absolute atomic E-state index is 0.367. The fourth-order valence-electron chi connectivity index (χ4n) is 2.75. The number of nitrogens with two attached hydrogens (primary N) is 1. The number of hydrogen-bond donors (Lipinski definition) is 1. The van der Waals surface area contributed by atoms with Gasteiger partial charge in [-0.3, -0.25) is 0 Å². The van der Waals surface area contributed by atoms with Crippen LogP contribution >= 0.6 is 0 Å². The summed E-state index contributed by atoms with van der Waals surface area (Å²) in [6.45, 7) is 8.18. The summed E-state index contributed by atoms with van der Waals surface area (Å²) in [5.41, 5.74) is 9.96. The molecule has 0 spiro atoms. The highest BCUT2D eigenvalue weighted by molar-refractivity contribution is 5.28. The molecule has 1 heterocycles. The molecule has 1 atom stereocenters. The van der Waals surface area contributed by atoms with Crippen LogP contribution in [0.3, 0.4) is 0 Å². The number of rotatable bonds is 6. The second kappa shape index (κ2) is 6.71. The van der Waals surface area contributed by atoms with Gasteiger partial charge in [0.1, 0.15) is 0 Å². The number of benzene rings is 1. The number of aryl methyl sites for hydroxylation is 1. The molecule has 20 heavy (non-hydrogen) atoms. The smallest absolute Gasteiger partial charge is 0.0951 e.